The molecular formula is C15H14BrNO2S. The van der Waals surface area contributed by atoms with Crippen LogP contribution in [0.2, 0.25) is 0 Å². The molecule has 0 amide bonds. The summed E-state index contributed by atoms with van der Waals surface area (Å²) in [5, 5.41) is 11.4. The van der Waals surface area contributed by atoms with E-state index < -0.39 is 5.97 Å². The van der Waals surface area contributed by atoms with Crippen LogP contribution in [0.1, 0.15) is 28.1 Å². The summed E-state index contributed by atoms with van der Waals surface area (Å²) < 4.78 is 0.911. The van der Waals surface area contributed by atoms with Crippen LogP contribution in [0.4, 0.5) is 5.69 Å². The Morgan fingerprint density at radius 3 is 2.80 bits per heavy atom. The van der Waals surface area contributed by atoms with E-state index in [0.717, 1.165) is 29.5 Å². The summed E-state index contributed by atoms with van der Waals surface area (Å²) >= 11 is 5.15. The van der Waals surface area contributed by atoms with Crippen LogP contribution in [-0.4, -0.2) is 17.1 Å². The number of hydrogen-bond donors (Lipinski definition) is 1. The Hall–Kier alpha value is -1.33. The summed E-state index contributed by atoms with van der Waals surface area (Å²) in [4.78, 5) is 14.9. The number of thiophene rings is 1. The fourth-order valence-electron chi connectivity index (χ4n) is 2.29. The second-order valence-electron chi connectivity index (χ2n) is 4.91. The van der Waals surface area contributed by atoms with Crippen molar-refractivity contribution in [2.24, 2.45) is 0 Å². The van der Waals surface area contributed by atoms with E-state index in [2.05, 4.69) is 32.3 Å². The van der Waals surface area contributed by atoms with Crippen molar-refractivity contribution in [3.63, 3.8) is 0 Å². The Balaban J connectivity index is 1.98. The molecule has 0 radical (unpaired) electrons. The summed E-state index contributed by atoms with van der Waals surface area (Å²) in [6, 6.07) is 9.96. The average Bonchev–Trinajstić information content (AvgIpc) is 3.12. The van der Waals surface area contributed by atoms with Crippen molar-refractivity contribution in [2.75, 3.05) is 4.90 Å². The van der Waals surface area contributed by atoms with Crippen LogP contribution >= 0.6 is 27.3 Å². The third kappa shape index (κ3) is 2.88. The van der Waals surface area contributed by atoms with Gasteiger partial charge in [0, 0.05) is 15.4 Å². The second-order valence-corrected chi connectivity index (χ2v) is 6.85. The fourth-order valence-corrected chi connectivity index (χ4v) is 3.34. The molecule has 1 saturated carbocycles. The summed E-state index contributed by atoms with van der Waals surface area (Å²) in [6.45, 7) is 0.777. The molecular weight excluding hydrogens is 338 g/mol. The third-order valence-electron chi connectivity index (χ3n) is 3.39. The first-order valence-corrected chi connectivity index (χ1v) is 8.14. The zero-order valence-electron chi connectivity index (χ0n) is 10.8. The van der Waals surface area contributed by atoms with Crippen molar-refractivity contribution in [3.05, 3.63) is 50.6 Å². The van der Waals surface area contributed by atoms with Crippen molar-refractivity contribution >= 4 is 38.9 Å². The Morgan fingerprint density at radius 1 is 1.40 bits per heavy atom. The summed E-state index contributed by atoms with van der Waals surface area (Å²) in [5.41, 5.74) is 1.18. The summed E-state index contributed by atoms with van der Waals surface area (Å²) in [5.74, 6) is -0.871. The number of carbonyl (C=O) groups is 1. The monoisotopic (exact) mass is 351 g/mol. The molecule has 1 fully saturated rings. The molecule has 20 heavy (non-hydrogen) atoms. The van der Waals surface area contributed by atoms with Gasteiger partial charge >= 0.3 is 5.97 Å². The minimum absolute atomic E-state index is 0.372. The maximum absolute atomic E-state index is 11.4. The van der Waals surface area contributed by atoms with Crippen LogP contribution in [0.5, 0.6) is 0 Å². The average molecular weight is 352 g/mol. The van der Waals surface area contributed by atoms with Crippen LogP contribution in [0.25, 0.3) is 0 Å². The Morgan fingerprint density at radius 2 is 2.20 bits per heavy atom. The van der Waals surface area contributed by atoms with Crippen molar-refractivity contribution in [2.45, 2.75) is 25.4 Å². The number of aromatic carboxylic acids is 1. The van der Waals surface area contributed by atoms with Gasteiger partial charge in [0.05, 0.1) is 17.8 Å². The van der Waals surface area contributed by atoms with Crippen LogP contribution in [0.3, 0.4) is 0 Å². The van der Waals surface area contributed by atoms with Gasteiger partial charge in [-0.2, -0.15) is 0 Å². The minimum atomic E-state index is -0.871. The first-order valence-electron chi connectivity index (χ1n) is 6.47. The lowest BCUT2D eigenvalue weighted by Crippen LogP contribution is -2.26. The van der Waals surface area contributed by atoms with Gasteiger partial charge in [-0.3, -0.25) is 0 Å². The number of hydrogen-bond acceptors (Lipinski definition) is 3. The molecule has 0 spiro atoms. The van der Waals surface area contributed by atoms with E-state index in [9.17, 15) is 9.90 Å². The van der Waals surface area contributed by atoms with E-state index in [1.54, 1.807) is 23.5 Å². The molecule has 0 bridgehead atoms. The van der Waals surface area contributed by atoms with Crippen molar-refractivity contribution in [1.82, 2.24) is 0 Å². The molecule has 1 N–H and O–H groups in total. The number of carboxylic acid groups (broad SMARTS) is 1. The quantitative estimate of drug-likeness (QED) is 0.868. The Kier molecular flexibility index (Phi) is 3.81. The third-order valence-corrected chi connectivity index (χ3v) is 4.75. The van der Waals surface area contributed by atoms with Crippen LogP contribution < -0.4 is 4.90 Å². The van der Waals surface area contributed by atoms with Gasteiger partial charge < -0.3 is 10.0 Å². The normalized spacial score (nSPS) is 14.2. The lowest BCUT2D eigenvalue weighted by Gasteiger charge is -2.26. The summed E-state index contributed by atoms with van der Waals surface area (Å²) in [6.07, 6.45) is 2.27. The molecule has 1 aliphatic rings. The number of halogens is 1. The van der Waals surface area contributed by atoms with Crippen LogP contribution in [-0.2, 0) is 6.54 Å². The molecule has 3 rings (SSSR count). The zero-order chi connectivity index (χ0) is 14.1. The number of anilines is 1. The highest BCUT2D eigenvalue weighted by Gasteiger charge is 2.31. The molecule has 0 saturated heterocycles. The zero-order valence-corrected chi connectivity index (χ0v) is 13.2. The Labute approximate surface area is 130 Å². The highest BCUT2D eigenvalue weighted by molar-refractivity contribution is 9.10. The standard InChI is InChI=1S/C15H14BrNO2S/c16-10-3-6-13(15(18)19)14(8-10)17(11-4-5-11)9-12-2-1-7-20-12/h1-3,6-8,11H,4-5,9H2,(H,18,19). The van der Waals surface area contributed by atoms with Crippen molar-refractivity contribution in [3.8, 4) is 0 Å². The van der Waals surface area contributed by atoms with E-state index in [1.165, 1.54) is 4.88 Å². The molecule has 0 atom stereocenters. The lowest BCUT2D eigenvalue weighted by atomic mass is 10.1. The number of carboxylic acids is 1. The molecule has 3 nitrogen and oxygen atoms in total. The van der Waals surface area contributed by atoms with Crippen LogP contribution in [0, 0.1) is 0 Å². The smallest absolute Gasteiger partial charge is 0.337 e. The maximum atomic E-state index is 11.4. The topological polar surface area (TPSA) is 40.5 Å². The lowest BCUT2D eigenvalue weighted by molar-refractivity contribution is 0.0697. The predicted octanol–water partition coefficient (Wildman–Crippen LogP) is 4.38. The first kappa shape index (κ1) is 13.6. The van der Waals surface area contributed by atoms with Gasteiger partial charge in [0.25, 0.3) is 0 Å². The van der Waals surface area contributed by atoms with Gasteiger partial charge in [-0.1, -0.05) is 22.0 Å². The SMILES string of the molecule is O=C(O)c1ccc(Br)cc1N(Cc1cccs1)C1CC1. The van der Waals surface area contributed by atoms with Gasteiger partial charge in [0.1, 0.15) is 0 Å². The fraction of sp³-hybridized carbons (Fsp3) is 0.267. The van der Waals surface area contributed by atoms with Gasteiger partial charge in [0.2, 0.25) is 0 Å². The van der Waals surface area contributed by atoms with Crippen LogP contribution in [0.15, 0.2) is 40.2 Å². The molecule has 1 heterocycles. The van der Waals surface area contributed by atoms with Gasteiger partial charge in [0.15, 0.2) is 0 Å². The summed E-state index contributed by atoms with van der Waals surface area (Å²) in [7, 11) is 0. The highest BCUT2D eigenvalue weighted by Crippen LogP contribution is 2.36. The van der Waals surface area contributed by atoms with E-state index in [1.807, 2.05) is 12.1 Å². The molecule has 104 valence electrons. The van der Waals surface area contributed by atoms with E-state index in [4.69, 9.17) is 0 Å². The second kappa shape index (κ2) is 5.58. The maximum Gasteiger partial charge on any atom is 0.337 e. The van der Waals surface area contributed by atoms with Gasteiger partial charge in [-0.25, -0.2) is 4.79 Å². The predicted molar refractivity (Wildman–Crippen MR) is 84.6 cm³/mol. The van der Waals surface area contributed by atoms with E-state index in [-0.39, 0.29) is 0 Å². The van der Waals surface area contributed by atoms with Gasteiger partial charge in [-0.05, 0) is 42.5 Å². The molecule has 1 aromatic heterocycles. The molecule has 0 unspecified atom stereocenters. The van der Waals surface area contributed by atoms with Crippen molar-refractivity contribution in [1.29, 1.82) is 0 Å². The van der Waals surface area contributed by atoms with Gasteiger partial charge in [-0.15, -0.1) is 11.3 Å². The van der Waals surface area contributed by atoms with E-state index in [0.29, 0.717) is 11.6 Å². The minimum Gasteiger partial charge on any atom is -0.478 e. The number of rotatable bonds is 5. The Bertz CT molecular complexity index is 623. The first-order chi connectivity index (χ1) is 9.65. The molecule has 1 aliphatic carbocycles. The largest absolute Gasteiger partial charge is 0.478 e. The molecule has 5 heteroatoms. The number of nitrogens with zero attached hydrogens (tertiary/aromatic N) is 1. The molecule has 0 aliphatic heterocycles. The molecule has 2 aromatic rings. The highest BCUT2D eigenvalue weighted by atomic mass is 79.9. The number of benzene rings is 1. The molecule has 1 aromatic carbocycles. The van der Waals surface area contributed by atoms with E-state index >= 15 is 0 Å². The van der Waals surface area contributed by atoms with Crippen molar-refractivity contribution < 1.29 is 9.90 Å².